The molecule has 1 aliphatic heterocycles. The molecule has 1 aromatic heterocycles. The molecular formula is C18H27F2N3O3. The quantitative estimate of drug-likeness (QED) is 0.766. The van der Waals surface area contributed by atoms with Gasteiger partial charge in [-0.3, -0.25) is 4.57 Å². The predicted octanol–water partition coefficient (Wildman–Crippen LogP) is 3.09. The van der Waals surface area contributed by atoms with E-state index in [1.54, 1.807) is 20.8 Å². The molecule has 3 rings (SSSR count). The first kappa shape index (κ1) is 19.0. The summed E-state index contributed by atoms with van der Waals surface area (Å²) >= 11 is 0. The molecule has 26 heavy (non-hydrogen) atoms. The largest absolute Gasteiger partial charge is 0.458 e. The summed E-state index contributed by atoms with van der Waals surface area (Å²) in [7, 11) is 0. The maximum Gasteiger partial charge on any atom is 0.346 e. The van der Waals surface area contributed by atoms with Gasteiger partial charge in [0.05, 0.1) is 0 Å². The molecule has 1 aliphatic carbocycles. The second kappa shape index (κ2) is 6.78. The van der Waals surface area contributed by atoms with E-state index in [0.717, 1.165) is 6.42 Å². The van der Waals surface area contributed by atoms with Gasteiger partial charge in [0.2, 0.25) is 5.92 Å². The summed E-state index contributed by atoms with van der Waals surface area (Å²) in [6.45, 7) is 5.70. The second-order valence-electron chi connectivity index (χ2n) is 8.49. The van der Waals surface area contributed by atoms with E-state index < -0.39 is 23.5 Å². The fraction of sp³-hybridized carbons (Fsp3) is 0.833. The lowest BCUT2D eigenvalue weighted by Crippen LogP contribution is -2.38. The zero-order valence-electron chi connectivity index (χ0n) is 15.6. The molecule has 1 saturated carbocycles. The number of rotatable bonds is 3. The molecule has 2 aliphatic rings. The van der Waals surface area contributed by atoms with E-state index in [1.165, 1.54) is 9.25 Å². The van der Waals surface area contributed by atoms with Gasteiger partial charge >= 0.3 is 11.7 Å². The van der Waals surface area contributed by atoms with Crippen LogP contribution < -0.4 is 5.69 Å². The minimum Gasteiger partial charge on any atom is -0.458 e. The van der Waals surface area contributed by atoms with Crippen molar-refractivity contribution in [3.8, 4) is 0 Å². The smallest absolute Gasteiger partial charge is 0.346 e. The van der Waals surface area contributed by atoms with Gasteiger partial charge in [0.25, 0.3) is 0 Å². The predicted molar refractivity (Wildman–Crippen MR) is 91.2 cm³/mol. The standard InChI is InChI=1S/C18H27F2N3O3/c1-17(2,3)26-15(24)13-5-4-6-14-21-22(16(25)23(13)14)11-12-7-9-18(19,20)10-8-12/h12-13H,4-11H2,1-3H3/t13-/m1/s1. The number of halogens is 2. The van der Waals surface area contributed by atoms with Gasteiger partial charge in [0, 0.05) is 25.8 Å². The number of esters is 1. The topological polar surface area (TPSA) is 66.1 Å². The minimum atomic E-state index is -2.59. The summed E-state index contributed by atoms with van der Waals surface area (Å²) in [4.78, 5) is 25.3. The van der Waals surface area contributed by atoms with Gasteiger partial charge in [-0.05, 0) is 52.4 Å². The molecule has 1 aromatic rings. The summed E-state index contributed by atoms with van der Waals surface area (Å²) in [5.41, 5.74) is -0.963. The Morgan fingerprint density at radius 2 is 1.92 bits per heavy atom. The van der Waals surface area contributed by atoms with Gasteiger partial charge in [-0.15, -0.1) is 0 Å². The normalized spacial score (nSPS) is 23.5. The van der Waals surface area contributed by atoms with E-state index in [9.17, 15) is 18.4 Å². The Hall–Kier alpha value is -1.73. The van der Waals surface area contributed by atoms with Crippen LogP contribution in [0.3, 0.4) is 0 Å². The summed E-state index contributed by atoms with van der Waals surface area (Å²) in [5, 5.41) is 4.38. The lowest BCUT2D eigenvalue weighted by molar-refractivity contribution is -0.159. The minimum absolute atomic E-state index is 0.0178. The molecule has 6 nitrogen and oxygen atoms in total. The van der Waals surface area contributed by atoms with Crippen molar-refractivity contribution in [3.63, 3.8) is 0 Å². The molecule has 1 fully saturated rings. The van der Waals surface area contributed by atoms with Crippen LogP contribution in [0.5, 0.6) is 0 Å². The third-order valence-electron chi connectivity index (χ3n) is 5.08. The number of nitrogens with zero attached hydrogens (tertiary/aromatic N) is 3. The average Bonchev–Trinajstić information content (AvgIpc) is 2.84. The molecule has 1 atom stereocenters. The average molecular weight is 371 g/mol. The van der Waals surface area contributed by atoms with Crippen LogP contribution in [0, 0.1) is 5.92 Å². The summed E-state index contributed by atoms with van der Waals surface area (Å²) < 4.78 is 34.9. The van der Waals surface area contributed by atoms with Crippen molar-refractivity contribution in [1.82, 2.24) is 14.3 Å². The number of carbonyl (C=O) groups excluding carboxylic acids is 1. The van der Waals surface area contributed by atoms with Crippen LogP contribution in [0.2, 0.25) is 0 Å². The number of aryl methyl sites for hydroxylation is 1. The van der Waals surface area contributed by atoms with Crippen molar-refractivity contribution in [2.75, 3.05) is 0 Å². The summed E-state index contributed by atoms with van der Waals surface area (Å²) in [5.74, 6) is -2.41. The van der Waals surface area contributed by atoms with E-state index in [1.807, 2.05) is 0 Å². The molecule has 146 valence electrons. The fourth-order valence-corrected chi connectivity index (χ4v) is 3.77. The molecular weight excluding hydrogens is 344 g/mol. The Morgan fingerprint density at radius 3 is 2.54 bits per heavy atom. The first-order chi connectivity index (χ1) is 12.1. The molecule has 0 spiro atoms. The Balaban J connectivity index is 1.78. The van der Waals surface area contributed by atoms with E-state index in [2.05, 4.69) is 5.10 Å². The lowest BCUT2D eigenvalue weighted by Gasteiger charge is -2.27. The Morgan fingerprint density at radius 1 is 1.27 bits per heavy atom. The Labute approximate surface area is 151 Å². The third-order valence-corrected chi connectivity index (χ3v) is 5.08. The summed E-state index contributed by atoms with van der Waals surface area (Å²) in [6, 6.07) is -0.657. The maximum atomic E-state index is 13.3. The molecule has 0 saturated heterocycles. The monoisotopic (exact) mass is 371 g/mol. The highest BCUT2D eigenvalue weighted by Crippen LogP contribution is 2.36. The van der Waals surface area contributed by atoms with Crippen LogP contribution in [0.1, 0.15) is 71.2 Å². The van der Waals surface area contributed by atoms with Crippen molar-refractivity contribution >= 4 is 5.97 Å². The molecule has 0 unspecified atom stereocenters. The lowest BCUT2D eigenvalue weighted by atomic mass is 9.87. The molecule has 0 radical (unpaired) electrons. The zero-order chi connectivity index (χ0) is 19.1. The first-order valence-electron chi connectivity index (χ1n) is 9.35. The van der Waals surface area contributed by atoms with Crippen LogP contribution in [0.4, 0.5) is 8.78 Å². The number of hydrogen-bond donors (Lipinski definition) is 0. The van der Waals surface area contributed by atoms with E-state index in [0.29, 0.717) is 38.1 Å². The SMILES string of the molecule is CC(C)(C)OC(=O)[C@H]1CCCc2nn(CC3CCC(F)(F)CC3)c(=O)n21. The van der Waals surface area contributed by atoms with Gasteiger partial charge in [-0.25, -0.2) is 23.1 Å². The number of ether oxygens (including phenoxy) is 1. The highest BCUT2D eigenvalue weighted by atomic mass is 19.3. The number of alkyl halides is 2. The Bertz CT molecular complexity index is 723. The van der Waals surface area contributed by atoms with Crippen LogP contribution in [0.15, 0.2) is 4.79 Å². The van der Waals surface area contributed by atoms with Crippen LogP contribution in [-0.2, 0) is 22.5 Å². The second-order valence-corrected chi connectivity index (χ2v) is 8.49. The van der Waals surface area contributed by atoms with Gasteiger partial charge in [0.15, 0.2) is 0 Å². The molecule has 2 heterocycles. The number of hydrogen-bond acceptors (Lipinski definition) is 4. The zero-order valence-corrected chi connectivity index (χ0v) is 15.6. The van der Waals surface area contributed by atoms with Crippen LogP contribution in [-0.4, -0.2) is 31.8 Å². The third kappa shape index (κ3) is 4.15. The van der Waals surface area contributed by atoms with Gasteiger partial charge < -0.3 is 4.74 Å². The molecule has 0 amide bonds. The van der Waals surface area contributed by atoms with E-state index in [4.69, 9.17) is 4.74 Å². The van der Waals surface area contributed by atoms with Crippen LogP contribution in [0.25, 0.3) is 0 Å². The van der Waals surface area contributed by atoms with Gasteiger partial charge in [0.1, 0.15) is 17.5 Å². The van der Waals surface area contributed by atoms with E-state index in [-0.39, 0.29) is 24.4 Å². The van der Waals surface area contributed by atoms with Gasteiger partial charge in [-0.1, -0.05) is 0 Å². The molecule has 0 aromatic carbocycles. The van der Waals surface area contributed by atoms with Crippen molar-refractivity contribution in [3.05, 3.63) is 16.3 Å². The number of aromatic nitrogens is 3. The van der Waals surface area contributed by atoms with Crippen molar-refractivity contribution in [1.29, 1.82) is 0 Å². The molecule has 0 bridgehead atoms. The van der Waals surface area contributed by atoms with Crippen molar-refractivity contribution in [2.24, 2.45) is 5.92 Å². The number of carbonyl (C=O) groups is 1. The molecule has 8 heteroatoms. The van der Waals surface area contributed by atoms with Crippen molar-refractivity contribution in [2.45, 2.75) is 89.8 Å². The van der Waals surface area contributed by atoms with Crippen LogP contribution >= 0.6 is 0 Å². The summed E-state index contributed by atoms with van der Waals surface area (Å²) in [6.07, 6.45) is 2.43. The van der Waals surface area contributed by atoms with Crippen molar-refractivity contribution < 1.29 is 18.3 Å². The highest BCUT2D eigenvalue weighted by molar-refractivity contribution is 5.74. The Kier molecular flexibility index (Phi) is 4.96. The maximum absolute atomic E-state index is 13.3. The highest BCUT2D eigenvalue weighted by Gasteiger charge is 2.37. The first-order valence-corrected chi connectivity index (χ1v) is 9.35. The van der Waals surface area contributed by atoms with E-state index >= 15 is 0 Å². The fourth-order valence-electron chi connectivity index (χ4n) is 3.77. The van der Waals surface area contributed by atoms with Gasteiger partial charge in [-0.2, -0.15) is 5.10 Å². The molecule has 0 N–H and O–H groups in total. The number of fused-ring (bicyclic) bond motifs is 1.